The van der Waals surface area contributed by atoms with Gasteiger partial charge in [-0.25, -0.2) is 4.79 Å². The second-order valence-electron chi connectivity index (χ2n) is 8.41. The Hall–Kier alpha value is -0.790. The molecule has 0 heterocycles. The molecule has 0 saturated heterocycles. The van der Waals surface area contributed by atoms with Crippen LogP contribution in [0.4, 0.5) is 0 Å². The largest absolute Gasteiger partial charge is 0.462 e. The molecule has 0 N–H and O–H groups in total. The minimum atomic E-state index is -0.239. The van der Waals surface area contributed by atoms with Crippen LogP contribution < -0.4 is 0 Å². The van der Waals surface area contributed by atoms with Gasteiger partial charge in [-0.15, -0.1) is 0 Å². The second-order valence-corrected chi connectivity index (χ2v) is 8.41. The van der Waals surface area contributed by atoms with Crippen molar-refractivity contribution >= 4 is 5.97 Å². The van der Waals surface area contributed by atoms with E-state index in [2.05, 4.69) is 13.5 Å². The van der Waals surface area contributed by atoms with Gasteiger partial charge in [0.05, 0.1) is 6.61 Å². The Morgan fingerprint density at radius 2 is 1.42 bits per heavy atom. The summed E-state index contributed by atoms with van der Waals surface area (Å²) in [4.78, 5) is 11.4. The van der Waals surface area contributed by atoms with Gasteiger partial charge in [0, 0.05) is 5.57 Å². The first kappa shape index (κ1) is 19.5. The van der Waals surface area contributed by atoms with E-state index in [9.17, 15) is 4.79 Å². The fourth-order valence-electron chi connectivity index (χ4n) is 4.96. The SMILES string of the molecule is C=C(C)C(=O)OCCC[C@H]1CC[C@H]([C@H]2CC[C@H](CCC)CC2)CC1. The smallest absolute Gasteiger partial charge is 0.333 e. The highest BCUT2D eigenvalue weighted by Crippen LogP contribution is 2.42. The molecular weight excluding hydrogens is 296 g/mol. The zero-order valence-corrected chi connectivity index (χ0v) is 16.0. The van der Waals surface area contributed by atoms with Crippen molar-refractivity contribution in [3.05, 3.63) is 12.2 Å². The van der Waals surface area contributed by atoms with Crippen LogP contribution in [-0.2, 0) is 9.53 Å². The molecule has 2 fully saturated rings. The molecule has 0 aromatic rings. The van der Waals surface area contributed by atoms with E-state index in [1.807, 2.05) is 0 Å². The van der Waals surface area contributed by atoms with Crippen LogP contribution in [0.5, 0.6) is 0 Å². The molecule has 0 aromatic carbocycles. The van der Waals surface area contributed by atoms with Crippen molar-refractivity contribution in [2.75, 3.05) is 6.61 Å². The molecule has 138 valence electrons. The van der Waals surface area contributed by atoms with Crippen molar-refractivity contribution in [3.8, 4) is 0 Å². The first-order valence-corrected chi connectivity index (χ1v) is 10.4. The average molecular weight is 335 g/mol. The summed E-state index contributed by atoms with van der Waals surface area (Å²) in [5.41, 5.74) is 0.504. The predicted molar refractivity (Wildman–Crippen MR) is 101 cm³/mol. The molecule has 2 heteroatoms. The van der Waals surface area contributed by atoms with Crippen LogP contribution in [0.3, 0.4) is 0 Å². The molecule has 24 heavy (non-hydrogen) atoms. The highest BCUT2D eigenvalue weighted by molar-refractivity contribution is 5.86. The van der Waals surface area contributed by atoms with Gasteiger partial charge in [0.15, 0.2) is 0 Å². The van der Waals surface area contributed by atoms with Crippen LogP contribution in [0, 0.1) is 23.7 Å². The highest BCUT2D eigenvalue weighted by Gasteiger charge is 2.30. The zero-order chi connectivity index (χ0) is 17.4. The van der Waals surface area contributed by atoms with Crippen molar-refractivity contribution in [3.63, 3.8) is 0 Å². The van der Waals surface area contributed by atoms with Gasteiger partial charge in [-0.1, -0.05) is 52.0 Å². The number of carbonyl (C=O) groups excluding carboxylic acids is 1. The van der Waals surface area contributed by atoms with Gasteiger partial charge in [0.25, 0.3) is 0 Å². The first-order valence-electron chi connectivity index (χ1n) is 10.4. The van der Waals surface area contributed by atoms with Gasteiger partial charge in [-0.05, 0) is 69.1 Å². The van der Waals surface area contributed by atoms with Crippen LogP contribution in [0.25, 0.3) is 0 Å². The Morgan fingerprint density at radius 1 is 0.917 bits per heavy atom. The van der Waals surface area contributed by atoms with Gasteiger partial charge in [0.2, 0.25) is 0 Å². The molecule has 2 saturated carbocycles. The molecule has 2 rings (SSSR count). The van der Waals surface area contributed by atoms with E-state index in [1.165, 1.54) is 70.6 Å². The van der Waals surface area contributed by atoms with Gasteiger partial charge < -0.3 is 4.74 Å². The Balaban J connectivity index is 1.57. The van der Waals surface area contributed by atoms with Crippen molar-refractivity contribution in [1.29, 1.82) is 0 Å². The third-order valence-electron chi connectivity index (χ3n) is 6.48. The lowest BCUT2D eigenvalue weighted by molar-refractivity contribution is -0.139. The number of ether oxygens (including phenoxy) is 1. The third kappa shape index (κ3) is 6.26. The maximum atomic E-state index is 11.4. The summed E-state index contributed by atoms with van der Waals surface area (Å²) in [7, 11) is 0. The lowest BCUT2D eigenvalue weighted by Crippen LogP contribution is -2.26. The molecule has 0 aliphatic heterocycles. The Morgan fingerprint density at radius 3 is 1.88 bits per heavy atom. The summed E-state index contributed by atoms with van der Waals surface area (Å²) in [5, 5.41) is 0. The number of carbonyl (C=O) groups is 1. The van der Waals surface area contributed by atoms with E-state index >= 15 is 0 Å². The lowest BCUT2D eigenvalue weighted by Gasteiger charge is -2.38. The van der Waals surface area contributed by atoms with E-state index in [0.717, 1.165) is 30.1 Å². The molecular formula is C22H38O2. The molecule has 0 unspecified atom stereocenters. The monoisotopic (exact) mass is 334 g/mol. The topological polar surface area (TPSA) is 26.3 Å². The molecule has 0 radical (unpaired) electrons. The molecule has 2 aliphatic carbocycles. The second kappa shape index (κ2) is 10.3. The van der Waals surface area contributed by atoms with E-state index in [4.69, 9.17) is 4.74 Å². The Kier molecular flexibility index (Phi) is 8.35. The Bertz CT molecular complexity index is 385. The minimum Gasteiger partial charge on any atom is -0.462 e. The average Bonchev–Trinajstić information content (AvgIpc) is 2.60. The van der Waals surface area contributed by atoms with Crippen LogP contribution in [0.2, 0.25) is 0 Å². The molecule has 2 aliphatic rings. The summed E-state index contributed by atoms with van der Waals surface area (Å²) >= 11 is 0. The summed E-state index contributed by atoms with van der Waals surface area (Å²) in [6.07, 6.45) is 16.7. The molecule has 0 aromatic heterocycles. The van der Waals surface area contributed by atoms with E-state index in [1.54, 1.807) is 6.92 Å². The summed E-state index contributed by atoms with van der Waals surface area (Å²) in [6.45, 7) is 8.21. The molecule has 0 spiro atoms. The zero-order valence-electron chi connectivity index (χ0n) is 16.0. The summed E-state index contributed by atoms with van der Waals surface area (Å²) < 4.78 is 5.20. The lowest BCUT2D eigenvalue weighted by atomic mass is 9.68. The standard InChI is InChI=1S/C22H38O2/c1-4-6-18-8-12-20(13-9-18)21-14-10-19(11-15-21)7-5-16-24-22(23)17(2)3/h18-21H,2,4-16H2,1,3H3/t18-,19-,20-,21-. The highest BCUT2D eigenvalue weighted by atomic mass is 16.5. The maximum Gasteiger partial charge on any atom is 0.333 e. The quantitative estimate of drug-likeness (QED) is 0.296. The van der Waals surface area contributed by atoms with Crippen LogP contribution in [0.15, 0.2) is 12.2 Å². The third-order valence-corrected chi connectivity index (χ3v) is 6.48. The van der Waals surface area contributed by atoms with Crippen molar-refractivity contribution in [2.24, 2.45) is 23.7 Å². The Labute approximate surface area is 149 Å². The fourth-order valence-corrected chi connectivity index (χ4v) is 4.96. The van der Waals surface area contributed by atoms with Gasteiger partial charge in [-0.3, -0.25) is 0 Å². The first-order chi connectivity index (χ1) is 11.6. The number of hydrogen-bond acceptors (Lipinski definition) is 2. The molecule has 0 atom stereocenters. The fraction of sp³-hybridized carbons (Fsp3) is 0.864. The molecule has 0 bridgehead atoms. The number of hydrogen-bond donors (Lipinski definition) is 0. The molecule has 0 amide bonds. The normalized spacial score (nSPS) is 30.8. The van der Waals surface area contributed by atoms with Gasteiger partial charge in [-0.2, -0.15) is 0 Å². The van der Waals surface area contributed by atoms with Crippen LogP contribution >= 0.6 is 0 Å². The van der Waals surface area contributed by atoms with Crippen molar-refractivity contribution in [2.45, 2.75) is 90.9 Å². The van der Waals surface area contributed by atoms with Crippen molar-refractivity contribution < 1.29 is 9.53 Å². The maximum absolute atomic E-state index is 11.4. The van der Waals surface area contributed by atoms with Crippen LogP contribution in [-0.4, -0.2) is 12.6 Å². The predicted octanol–water partition coefficient (Wildman–Crippen LogP) is 6.30. The van der Waals surface area contributed by atoms with Gasteiger partial charge in [0.1, 0.15) is 0 Å². The number of rotatable bonds is 8. The van der Waals surface area contributed by atoms with E-state index < -0.39 is 0 Å². The summed E-state index contributed by atoms with van der Waals surface area (Å²) in [6, 6.07) is 0. The van der Waals surface area contributed by atoms with E-state index in [-0.39, 0.29) is 5.97 Å². The van der Waals surface area contributed by atoms with Crippen LogP contribution in [0.1, 0.15) is 90.9 Å². The minimum absolute atomic E-state index is 0.239. The van der Waals surface area contributed by atoms with Gasteiger partial charge >= 0.3 is 5.97 Å². The van der Waals surface area contributed by atoms with Crippen molar-refractivity contribution in [1.82, 2.24) is 0 Å². The summed E-state index contributed by atoms with van der Waals surface area (Å²) in [5.74, 6) is 3.68. The number of esters is 1. The molecule has 2 nitrogen and oxygen atoms in total. The van der Waals surface area contributed by atoms with E-state index in [0.29, 0.717) is 12.2 Å².